The van der Waals surface area contributed by atoms with E-state index in [1.807, 2.05) is 37.3 Å². The summed E-state index contributed by atoms with van der Waals surface area (Å²) in [5.41, 5.74) is 0.886. The van der Waals surface area contributed by atoms with Crippen LogP contribution in [-0.2, 0) is 20.8 Å². The van der Waals surface area contributed by atoms with Gasteiger partial charge in [0, 0.05) is 13.3 Å². The zero-order valence-electron chi connectivity index (χ0n) is 13.7. The molecule has 0 saturated heterocycles. The summed E-state index contributed by atoms with van der Waals surface area (Å²) >= 11 is 0. The van der Waals surface area contributed by atoms with Crippen LogP contribution in [0.3, 0.4) is 0 Å². The molecule has 0 aliphatic carbocycles. The summed E-state index contributed by atoms with van der Waals surface area (Å²) in [6.07, 6.45) is 0.930. The molecule has 1 rings (SSSR count). The van der Waals surface area contributed by atoms with Gasteiger partial charge < -0.3 is 15.7 Å². The van der Waals surface area contributed by atoms with Gasteiger partial charge in [0.25, 0.3) is 0 Å². The Morgan fingerprint density at radius 1 is 1.13 bits per heavy atom. The first-order valence-corrected chi connectivity index (χ1v) is 7.69. The lowest BCUT2D eigenvalue weighted by molar-refractivity contribution is -0.143. The minimum atomic E-state index is -1.08. The molecule has 0 aliphatic heterocycles. The molecule has 0 heterocycles. The van der Waals surface area contributed by atoms with Gasteiger partial charge >= 0.3 is 5.97 Å². The van der Waals surface area contributed by atoms with Crippen molar-refractivity contribution >= 4 is 17.8 Å². The van der Waals surface area contributed by atoms with Gasteiger partial charge in [0.05, 0.1) is 0 Å². The second-order valence-electron chi connectivity index (χ2n) is 5.65. The van der Waals surface area contributed by atoms with Gasteiger partial charge in [-0.05, 0) is 11.5 Å². The highest BCUT2D eigenvalue weighted by Gasteiger charge is 2.29. The second-order valence-corrected chi connectivity index (χ2v) is 5.65. The fourth-order valence-electron chi connectivity index (χ4n) is 2.24. The van der Waals surface area contributed by atoms with E-state index in [1.54, 1.807) is 6.92 Å². The molecule has 6 nitrogen and oxygen atoms in total. The summed E-state index contributed by atoms with van der Waals surface area (Å²) < 4.78 is 0. The van der Waals surface area contributed by atoms with E-state index in [4.69, 9.17) is 0 Å². The average Bonchev–Trinajstić information content (AvgIpc) is 2.51. The van der Waals surface area contributed by atoms with Crippen molar-refractivity contribution in [2.24, 2.45) is 5.92 Å². The number of aliphatic carboxylic acids is 1. The van der Waals surface area contributed by atoms with Gasteiger partial charge in [-0.25, -0.2) is 4.79 Å². The number of hydrogen-bond donors (Lipinski definition) is 3. The van der Waals surface area contributed by atoms with Gasteiger partial charge in [0.15, 0.2) is 0 Å². The van der Waals surface area contributed by atoms with E-state index in [9.17, 15) is 19.5 Å². The van der Waals surface area contributed by atoms with Crippen LogP contribution in [0.2, 0.25) is 0 Å². The number of carbonyl (C=O) groups excluding carboxylic acids is 2. The van der Waals surface area contributed by atoms with Gasteiger partial charge in [0.2, 0.25) is 11.8 Å². The number of carboxylic acids is 1. The number of benzene rings is 1. The third kappa shape index (κ3) is 6.10. The third-order valence-electron chi connectivity index (χ3n) is 3.75. The normalized spacial score (nSPS) is 14.4. The monoisotopic (exact) mass is 320 g/mol. The quantitative estimate of drug-likeness (QED) is 0.674. The molecular weight excluding hydrogens is 296 g/mol. The number of amides is 2. The molecule has 1 aromatic rings. The van der Waals surface area contributed by atoms with Crippen molar-refractivity contribution in [3.05, 3.63) is 35.9 Å². The molecule has 0 saturated carbocycles. The first kappa shape index (κ1) is 18.7. The number of carbonyl (C=O) groups is 3. The lowest BCUT2D eigenvalue weighted by atomic mass is 9.98. The predicted octanol–water partition coefficient (Wildman–Crippen LogP) is 1.35. The summed E-state index contributed by atoms with van der Waals surface area (Å²) in [5.74, 6) is -2.10. The Bertz CT molecular complexity index is 545. The maximum Gasteiger partial charge on any atom is 0.326 e. The Morgan fingerprint density at radius 2 is 1.74 bits per heavy atom. The van der Waals surface area contributed by atoms with E-state index >= 15 is 0 Å². The molecule has 0 radical (unpaired) electrons. The second kappa shape index (κ2) is 8.92. The first-order chi connectivity index (χ1) is 10.8. The van der Waals surface area contributed by atoms with Gasteiger partial charge in [-0.15, -0.1) is 0 Å². The number of carboxylic acid groups (broad SMARTS) is 1. The van der Waals surface area contributed by atoms with Crippen molar-refractivity contribution in [3.8, 4) is 0 Å². The third-order valence-corrected chi connectivity index (χ3v) is 3.75. The summed E-state index contributed by atoms with van der Waals surface area (Å²) in [7, 11) is 0. The summed E-state index contributed by atoms with van der Waals surface area (Å²) in [6, 6.07) is 7.48. The largest absolute Gasteiger partial charge is 0.480 e. The maximum absolute atomic E-state index is 12.4. The Hall–Kier alpha value is -2.37. The average molecular weight is 320 g/mol. The summed E-state index contributed by atoms with van der Waals surface area (Å²) in [4.78, 5) is 35.1. The van der Waals surface area contributed by atoms with Gasteiger partial charge in [-0.1, -0.05) is 50.6 Å². The molecule has 0 unspecified atom stereocenters. The Morgan fingerprint density at radius 3 is 2.22 bits per heavy atom. The Labute approximate surface area is 136 Å². The van der Waals surface area contributed by atoms with E-state index in [0.717, 1.165) is 5.56 Å². The van der Waals surface area contributed by atoms with Crippen molar-refractivity contribution in [3.63, 3.8) is 0 Å². The van der Waals surface area contributed by atoms with E-state index in [-0.39, 0.29) is 11.8 Å². The molecule has 0 aliphatic rings. The minimum Gasteiger partial charge on any atom is -0.480 e. The number of rotatable bonds is 8. The van der Waals surface area contributed by atoms with Crippen molar-refractivity contribution in [1.82, 2.24) is 10.6 Å². The highest BCUT2D eigenvalue weighted by Crippen LogP contribution is 2.09. The van der Waals surface area contributed by atoms with Crippen LogP contribution in [0, 0.1) is 5.92 Å². The smallest absolute Gasteiger partial charge is 0.326 e. The molecule has 126 valence electrons. The van der Waals surface area contributed by atoms with Crippen molar-refractivity contribution in [1.29, 1.82) is 0 Å². The molecule has 3 atom stereocenters. The van der Waals surface area contributed by atoms with Crippen LogP contribution in [0.15, 0.2) is 30.3 Å². The highest BCUT2D eigenvalue weighted by molar-refractivity contribution is 5.90. The molecule has 1 aromatic carbocycles. The zero-order chi connectivity index (χ0) is 17.4. The topological polar surface area (TPSA) is 95.5 Å². The van der Waals surface area contributed by atoms with E-state index in [2.05, 4.69) is 10.6 Å². The van der Waals surface area contributed by atoms with Crippen molar-refractivity contribution in [2.45, 2.75) is 45.7 Å². The standard InChI is InChI=1S/C17H24N2O4/c1-4-11(2)15(17(22)23)19-16(21)14(18-12(3)20)10-13-8-6-5-7-9-13/h5-9,11,14-15H,4,10H2,1-3H3,(H,18,20)(H,19,21)(H,22,23)/t11-,14+,15-/m0/s1. The summed E-state index contributed by atoms with van der Waals surface area (Å²) in [5, 5.41) is 14.4. The van der Waals surface area contributed by atoms with Gasteiger partial charge in [-0.3, -0.25) is 9.59 Å². The molecule has 0 fully saturated rings. The van der Waals surface area contributed by atoms with Crippen LogP contribution in [0.4, 0.5) is 0 Å². The molecular formula is C17H24N2O4. The van der Waals surface area contributed by atoms with Crippen LogP contribution >= 0.6 is 0 Å². The lowest BCUT2D eigenvalue weighted by Crippen LogP contribution is -2.53. The molecule has 3 N–H and O–H groups in total. The van der Waals surface area contributed by atoms with Crippen LogP contribution in [0.5, 0.6) is 0 Å². The molecule has 0 bridgehead atoms. The fourth-order valence-corrected chi connectivity index (χ4v) is 2.24. The van der Waals surface area contributed by atoms with Crippen LogP contribution < -0.4 is 10.6 Å². The first-order valence-electron chi connectivity index (χ1n) is 7.69. The van der Waals surface area contributed by atoms with Gasteiger partial charge in [0.1, 0.15) is 12.1 Å². The Balaban J connectivity index is 2.86. The lowest BCUT2D eigenvalue weighted by Gasteiger charge is -2.24. The molecule has 0 aromatic heterocycles. The molecule has 0 spiro atoms. The van der Waals surface area contributed by atoms with Crippen LogP contribution in [0.25, 0.3) is 0 Å². The Kier molecular flexibility index (Phi) is 7.25. The van der Waals surface area contributed by atoms with Crippen LogP contribution in [0.1, 0.15) is 32.8 Å². The predicted molar refractivity (Wildman–Crippen MR) is 86.8 cm³/mol. The van der Waals surface area contributed by atoms with E-state index in [0.29, 0.717) is 12.8 Å². The molecule has 2 amide bonds. The van der Waals surface area contributed by atoms with Crippen LogP contribution in [-0.4, -0.2) is 35.0 Å². The van der Waals surface area contributed by atoms with E-state index < -0.39 is 24.0 Å². The highest BCUT2D eigenvalue weighted by atomic mass is 16.4. The van der Waals surface area contributed by atoms with Gasteiger partial charge in [-0.2, -0.15) is 0 Å². The number of nitrogens with one attached hydrogen (secondary N) is 2. The fraction of sp³-hybridized carbons (Fsp3) is 0.471. The molecule has 23 heavy (non-hydrogen) atoms. The SMILES string of the molecule is CC[C@H](C)[C@H](NC(=O)[C@@H](Cc1ccccc1)NC(C)=O)C(=O)O. The molecule has 6 heteroatoms. The van der Waals surface area contributed by atoms with Crippen molar-refractivity contribution in [2.75, 3.05) is 0 Å². The maximum atomic E-state index is 12.4. The van der Waals surface area contributed by atoms with Crippen molar-refractivity contribution < 1.29 is 19.5 Å². The number of hydrogen-bond acceptors (Lipinski definition) is 3. The van der Waals surface area contributed by atoms with E-state index in [1.165, 1.54) is 6.92 Å². The summed E-state index contributed by atoms with van der Waals surface area (Å²) in [6.45, 7) is 4.96. The zero-order valence-corrected chi connectivity index (χ0v) is 13.7. The minimum absolute atomic E-state index is 0.203.